The van der Waals surface area contributed by atoms with Crippen LogP contribution in [-0.2, 0) is 19.1 Å². The van der Waals surface area contributed by atoms with Crippen molar-refractivity contribution in [3.05, 3.63) is 0 Å². The summed E-state index contributed by atoms with van der Waals surface area (Å²) in [6.45, 7) is 10.2. The number of hydrogen-bond donors (Lipinski definition) is 0. The van der Waals surface area contributed by atoms with Gasteiger partial charge >= 0.3 is 11.9 Å². The van der Waals surface area contributed by atoms with Crippen molar-refractivity contribution in [3.8, 4) is 0 Å². The van der Waals surface area contributed by atoms with Crippen LogP contribution in [0.2, 0.25) is 0 Å². The average molecular weight is 483 g/mol. The normalized spacial score (nSPS) is 11.4. The predicted molar refractivity (Wildman–Crippen MR) is 144 cm³/mol. The highest BCUT2D eigenvalue weighted by Gasteiger charge is 2.06. The fraction of sp³-hybridized carbons (Fsp3) is 0.933. The Balaban J connectivity index is 3.31. The molecule has 4 heteroatoms. The van der Waals surface area contributed by atoms with Gasteiger partial charge in [0.05, 0.1) is 13.2 Å². The summed E-state index contributed by atoms with van der Waals surface area (Å²) in [4.78, 5) is 23.6. The smallest absolute Gasteiger partial charge is 0.305 e. The second-order valence-electron chi connectivity index (χ2n) is 11.0. The first-order chi connectivity index (χ1) is 16.4. The molecular weight excluding hydrogens is 424 g/mol. The standard InChI is InChI=1S/C30H58O4/c1-27(2)21-15-11-7-5-9-13-19-25-33-29(31)23-17-18-24-30(32)34-26-20-14-10-6-8-12-16-22-28(3)4/h27-28H,5-26H2,1-4H3. The van der Waals surface area contributed by atoms with Crippen LogP contribution in [0.15, 0.2) is 0 Å². The Kier molecular flexibility index (Phi) is 24.3. The predicted octanol–water partition coefficient (Wildman–Crippen LogP) is 9.19. The number of esters is 2. The van der Waals surface area contributed by atoms with Gasteiger partial charge in [0, 0.05) is 12.8 Å². The lowest BCUT2D eigenvalue weighted by Crippen LogP contribution is -2.08. The van der Waals surface area contributed by atoms with E-state index in [1.807, 2.05) is 0 Å². The van der Waals surface area contributed by atoms with Crippen LogP contribution in [-0.4, -0.2) is 25.2 Å². The monoisotopic (exact) mass is 482 g/mol. The summed E-state index contributed by atoms with van der Waals surface area (Å²) in [5.74, 6) is 1.38. The van der Waals surface area contributed by atoms with Gasteiger partial charge in [0.15, 0.2) is 0 Å². The highest BCUT2D eigenvalue weighted by atomic mass is 16.5. The Morgan fingerprint density at radius 1 is 0.441 bits per heavy atom. The molecule has 0 amide bonds. The molecule has 0 saturated carbocycles. The number of carbonyl (C=O) groups is 2. The van der Waals surface area contributed by atoms with Gasteiger partial charge in [-0.25, -0.2) is 0 Å². The van der Waals surface area contributed by atoms with E-state index in [1.165, 1.54) is 77.0 Å². The van der Waals surface area contributed by atoms with Crippen molar-refractivity contribution < 1.29 is 19.1 Å². The van der Waals surface area contributed by atoms with E-state index in [0.29, 0.717) is 38.9 Å². The average Bonchev–Trinajstić information content (AvgIpc) is 2.78. The van der Waals surface area contributed by atoms with Crippen LogP contribution in [0.25, 0.3) is 0 Å². The minimum atomic E-state index is -0.133. The van der Waals surface area contributed by atoms with Crippen LogP contribution in [0, 0.1) is 11.8 Å². The Morgan fingerprint density at radius 3 is 1.06 bits per heavy atom. The third-order valence-electron chi connectivity index (χ3n) is 6.39. The van der Waals surface area contributed by atoms with Crippen molar-refractivity contribution >= 4 is 11.9 Å². The summed E-state index contributed by atoms with van der Waals surface area (Å²) < 4.78 is 10.6. The third kappa shape index (κ3) is 27.2. The number of ether oxygens (including phenoxy) is 2. The van der Waals surface area contributed by atoms with E-state index in [9.17, 15) is 9.59 Å². The molecule has 0 heterocycles. The topological polar surface area (TPSA) is 52.6 Å². The first kappa shape index (κ1) is 32.9. The lowest BCUT2D eigenvalue weighted by Gasteiger charge is -2.07. The molecule has 0 saturated heterocycles. The first-order valence-electron chi connectivity index (χ1n) is 14.7. The Bertz CT molecular complexity index is 417. The maximum atomic E-state index is 11.8. The summed E-state index contributed by atoms with van der Waals surface area (Å²) in [6, 6.07) is 0. The summed E-state index contributed by atoms with van der Waals surface area (Å²) >= 11 is 0. The Labute approximate surface area is 212 Å². The van der Waals surface area contributed by atoms with Gasteiger partial charge in [-0.3, -0.25) is 9.59 Å². The molecule has 0 N–H and O–H groups in total. The minimum absolute atomic E-state index is 0.133. The van der Waals surface area contributed by atoms with Crippen LogP contribution in [0.1, 0.15) is 156 Å². The van der Waals surface area contributed by atoms with E-state index in [1.54, 1.807) is 0 Å². The van der Waals surface area contributed by atoms with E-state index in [2.05, 4.69) is 27.7 Å². The Hall–Kier alpha value is -1.06. The summed E-state index contributed by atoms with van der Waals surface area (Å²) in [7, 11) is 0. The zero-order valence-electron chi connectivity index (χ0n) is 23.3. The van der Waals surface area contributed by atoms with Crippen molar-refractivity contribution in [2.24, 2.45) is 11.8 Å². The lowest BCUT2D eigenvalue weighted by molar-refractivity contribution is -0.146. The van der Waals surface area contributed by atoms with E-state index in [0.717, 1.165) is 37.5 Å². The second-order valence-corrected chi connectivity index (χ2v) is 11.0. The van der Waals surface area contributed by atoms with E-state index in [-0.39, 0.29) is 11.9 Å². The molecule has 0 atom stereocenters. The van der Waals surface area contributed by atoms with Gasteiger partial charge in [-0.15, -0.1) is 0 Å². The molecule has 0 bridgehead atoms. The zero-order valence-corrected chi connectivity index (χ0v) is 23.3. The minimum Gasteiger partial charge on any atom is -0.466 e. The maximum absolute atomic E-state index is 11.8. The summed E-state index contributed by atoms with van der Waals surface area (Å²) in [5.41, 5.74) is 0. The molecule has 0 radical (unpaired) electrons. The number of hydrogen-bond acceptors (Lipinski definition) is 4. The van der Waals surface area contributed by atoms with Crippen LogP contribution in [0.3, 0.4) is 0 Å². The summed E-state index contributed by atoms with van der Waals surface area (Å²) in [6.07, 6.45) is 22.2. The maximum Gasteiger partial charge on any atom is 0.305 e. The first-order valence-corrected chi connectivity index (χ1v) is 14.7. The van der Waals surface area contributed by atoms with Crippen LogP contribution >= 0.6 is 0 Å². The Morgan fingerprint density at radius 2 is 0.735 bits per heavy atom. The molecule has 0 aliphatic rings. The zero-order chi connectivity index (χ0) is 25.3. The van der Waals surface area contributed by atoms with Crippen molar-refractivity contribution in [2.75, 3.05) is 13.2 Å². The molecule has 34 heavy (non-hydrogen) atoms. The molecule has 0 aromatic rings. The SMILES string of the molecule is CC(C)CCCCCCCCCOC(=O)CCCCC(=O)OCCCCCCCCCC(C)C. The van der Waals surface area contributed by atoms with Crippen molar-refractivity contribution in [1.29, 1.82) is 0 Å². The fourth-order valence-corrected chi connectivity index (χ4v) is 4.13. The van der Waals surface area contributed by atoms with E-state index >= 15 is 0 Å². The molecule has 0 aliphatic carbocycles. The van der Waals surface area contributed by atoms with Crippen molar-refractivity contribution in [3.63, 3.8) is 0 Å². The molecule has 0 spiro atoms. The van der Waals surface area contributed by atoms with Crippen LogP contribution in [0.5, 0.6) is 0 Å². The quantitative estimate of drug-likeness (QED) is 0.0961. The van der Waals surface area contributed by atoms with Gasteiger partial charge in [0.2, 0.25) is 0 Å². The molecular formula is C30H58O4. The molecule has 4 nitrogen and oxygen atoms in total. The largest absolute Gasteiger partial charge is 0.466 e. The number of carbonyl (C=O) groups excluding carboxylic acids is 2. The summed E-state index contributed by atoms with van der Waals surface area (Å²) in [5, 5.41) is 0. The number of unbranched alkanes of at least 4 members (excludes halogenated alkanes) is 13. The van der Waals surface area contributed by atoms with Gasteiger partial charge in [-0.05, 0) is 37.5 Å². The van der Waals surface area contributed by atoms with E-state index < -0.39 is 0 Å². The second kappa shape index (κ2) is 25.0. The lowest BCUT2D eigenvalue weighted by atomic mass is 10.0. The molecule has 202 valence electrons. The van der Waals surface area contributed by atoms with Gasteiger partial charge < -0.3 is 9.47 Å². The van der Waals surface area contributed by atoms with Gasteiger partial charge in [-0.1, -0.05) is 118 Å². The fourth-order valence-electron chi connectivity index (χ4n) is 4.13. The highest BCUT2D eigenvalue weighted by molar-refractivity contribution is 5.70. The van der Waals surface area contributed by atoms with Crippen LogP contribution < -0.4 is 0 Å². The van der Waals surface area contributed by atoms with Crippen molar-refractivity contribution in [2.45, 2.75) is 156 Å². The van der Waals surface area contributed by atoms with Gasteiger partial charge in [0.1, 0.15) is 0 Å². The van der Waals surface area contributed by atoms with Gasteiger partial charge in [0.25, 0.3) is 0 Å². The molecule has 0 aromatic carbocycles. The molecule has 0 unspecified atom stereocenters. The van der Waals surface area contributed by atoms with Gasteiger partial charge in [-0.2, -0.15) is 0 Å². The molecule has 0 aromatic heterocycles. The number of rotatable bonds is 25. The van der Waals surface area contributed by atoms with Crippen molar-refractivity contribution in [1.82, 2.24) is 0 Å². The molecule has 0 rings (SSSR count). The molecule has 0 aliphatic heterocycles. The van der Waals surface area contributed by atoms with Crippen LogP contribution in [0.4, 0.5) is 0 Å². The highest BCUT2D eigenvalue weighted by Crippen LogP contribution is 2.13. The third-order valence-corrected chi connectivity index (χ3v) is 6.39. The van der Waals surface area contributed by atoms with E-state index in [4.69, 9.17) is 9.47 Å². The molecule has 0 fully saturated rings.